The average Bonchev–Trinajstić information content (AvgIpc) is 0. The van der Waals surface area contributed by atoms with Crippen LogP contribution in [0.25, 0.3) is 0 Å². The van der Waals surface area contributed by atoms with Crippen LogP contribution in [0.1, 0.15) is 0 Å². The molecular formula is AgCrCuSn. The average molecular weight is 342 g/mol. The van der Waals surface area contributed by atoms with Crippen LogP contribution in [0.15, 0.2) is 0 Å². The minimum atomic E-state index is 0. The molecule has 32 valence electrons. The fraction of sp³-hybridized carbons (Fsp3) is 0. The van der Waals surface area contributed by atoms with Gasteiger partial charge in [-0.15, -0.1) is 0 Å². The molecule has 4 heteroatoms. The molecule has 0 saturated carbocycles. The summed E-state index contributed by atoms with van der Waals surface area (Å²) in [7, 11) is 0. The minimum absolute atomic E-state index is 0. The number of hydrogen-bond acceptors (Lipinski definition) is 0. The van der Waals surface area contributed by atoms with Crippen LogP contribution in [0.4, 0.5) is 0 Å². The summed E-state index contributed by atoms with van der Waals surface area (Å²) in [5.74, 6) is 0. The fourth-order valence-corrected chi connectivity index (χ4v) is 0. The van der Waals surface area contributed by atoms with Crippen molar-refractivity contribution >= 4 is 23.9 Å². The molecule has 0 unspecified atom stereocenters. The van der Waals surface area contributed by atoms with E-state index < -0.39 is 0 Å². The van der Waals surface area contributed by atoms with Crippen LogP contribution in [-0.4, -0.2) is 23.9 Å². The van der Waals surface area contributed by atoms with Crippen molar-refractivity contribution in [3.8, 4) is 0 Å². The molecule has 4 heavy (non-hydrogen) atoms. The third-order valence-corrected chi connectivity index (χ3v) is 0. The van der Waals surface area contributed by atoms with E-state index in [1.54, 1.807) is 0 Å². The van der Waals surface area contributed by atoms with Gasteiger partial charge in [-0.1, -0.05) is 0 Å². The van der Waals surface area contributed by atoms with Crippen molar-refractivity contribution in [3.05, 3.63) is 0 Å². The third-order valence-electron chi connectivity index (χ3n) is 0. The maximum absolute atomic E-state index is 0. The summed E-state index contributed by atoms with van der Waals surface area (Å²) in [5.41, 5.74) is 0. The summed E-state index contributed by atoms with van der Waals surface area (Å²) in [6.45, 7) is 0. The SMILES string of the molecule is [Ag].[Cr].[Cu].[Sn]. The van der Waals surface area contributed by atoms with Crippen molar-refractivity contribution in [1.29, 1.82) is 0 Å². The van der Waals surface area contributed by atoms with Crippen LogP contribution in [0.5, 0.6) is 0 Å². The molecule has 0 N–H and O–H groups in total. The largest absolute Gasteiger partial charge is 0 e. The Morgan fingerprint density at radius 1 is 1.00 bits per heavy atom. The fourth-order valence-electron chi connectivity index (χ4n) is 0. The van der Waals surface area contributed by atoms with Gasteiger partial charge in [-0.2, -0.15) is 0 Å². The molecule has 0 aromatic rings. The first kappa shape index (κ1) is 30.7. The number of rotatable bonds is 0. The van der Waals surface area contributed by atoms with Crippen LogP contribution in [-0.2, 0) is 56.8 Å². The Hall–Kier alpha value is 2.59. The van der Waals surface area contributed by atoms with Crippen molar-refractivity contribution < 1.29 is 56.8 Å². The van der Waals surface area contributed by atoms with E-state index in [9.17, 15) is 0 Å². The van der Waals surface area contributed by atoms with E-state index in [1.165, 1.54) is 0 Å². The van der Waals surface area contributed by atoms with Gasteiger partial charge >= 0.3 is 0 Å². The van der Waals surface area contributed by atoms with Crippen LogP contribution < -0.4 is 0 Å². The minimum Gasteiger partial charge on any atom is 0 e. The van der Waals surface area contributed by atoms with Gasteiger partial charge < -0.3 is 0 Å². The molecule has 0 aliphatic rings. The second-order valence-electron chi connectivity index (χ2n) is 0. The van der Waals surface area contributed by atoms with Crippen molar-refractivity contribution in [1.82, 2.24) is 0 Å². The molecule has 0 spiro atoms. The smallest absolute Gasteiger partial charge is 0 e. The topological polar surface area (TPSA) is 0 Å². The van der Waals surface area contributed by atoms with Gasteiger partial charge in [0.1, 0.15) is 0 Å². The predicted octanol–water partition coefficient (Wildman–Crippen LogP) is -0.388. The molecule has 0 heterocycles. The van der Waals surface area contributed by atoms with Crippen LogP contribution in [0.3, 0.4) is 0 Å². The van der Waals surface area contributed by atoms with E-state index >= 15 is 0 Å². The van der Waals surface area contributed by atoms with Crippen molar-refractivity contribution in [2.24, 2.45) is 0 Å². The Bertz CT molecular complexity index is 8.00. The first-order valence-corrected chi connectivity index (χ1v) is 0. The summed E-state index contributed by atoms with van der Waals surface area (Å²) in [6.07, 6.45) is 0. The Labute approximate surface area is 79.5 Å². The van der Waals surface area contributed by atoms with Crippen LogP contribution >= 0.6 is 0 Å². The van der Waals surface area contributed by atoms with Crippen LogP contribution in [0, 0.1) is 0 Å². The van der Waals surface area contributed by atoms with E-state index in [2.05, 4.69) is 0 Å². The standard InChI is InChI=1S/Ag.Cr.Cu.Sn. The van der Waals surface area contributed by atoms with E-state index in [1.807, 2.05) is 0 Å². The maximum atomic E-state index is 0. The van der Waals surface area contributed by atoms with Crippen LogP contribution in [0.2, 0.25) is 0 Å². The quantitative estimate of drug-likeness (QED) is 0.527. The monoisotopic (exact) mass is 342 g/mol. The molecule has 0 rings (SSSR count). The molecule has 0 saturated heterocycles. The van der Waals surface area contributed by atoms with Gasteiger partial charge in [-0.05, 0) is 0 Å². The summed E-state index contributed by atoms with van der Waals surface area (Å²) < 4.78 is 0. The molecule has 0 amide bonds. The molecule has 0 aliphatic heterocycles. The summed E-state index contributed by atoms with van der Waals surface area (Å²) >= 11 is 0. The Morgan fingerprint density at radius 3 is 1.00 bits per heavy atom. The summed E-state index contributed by atoms with van der Waals surface area (Å²) in [5, 5.41) is 0. The van der Waals surface area contributed by atoms with Gasteiger partial charge in [-0.3, -0.25) is 0 Å². The zero-order valence-corrected chi connectivity index (χ0v) is 8.06. The van der Waals surface area contributed by atoms with Crippen molar-refractivity contribution in [2.45, 2.75) is 0 Å². The Balaban J connectivity index is 0. The zero-order valence-electron chi connectivity index (χ0n) is 1.51. The van der Waals surface area contributed by atoms with Crippen molar-refractivity contribution in [3.63, 3.8) is 0 Å². The van der Waals surface area contributed by atoms with E-state index in [0.29, 0.717) is 0 Å². The van der Waals surface area contributed by atoms with E-state index in [-0.39, 0.29) is 80.7 Å². The summed E-state index contributed by atoms with van der Waals surface area (Å²) in [4.78, 5) is 0. The molecule has 0 bridgehead atoms. The summed E-state index contributed by atoms with van der Waals surface area (Å²) in [6, 6.07) is 0. The van der Waals surface area contributed by atoms with Crippen molar-refractivity contribution in [2.75, 3.05) is 0 Å². The molecule has 6 radical (unpaired) electrons. The molecule has 0 atom stereocenters. The van der Waals surface area contributed by atoms with Gasteiger partial charge in [0.05, 0.1) is 0 Å². The van der Waals surface area contributed by atoms with Gasteiger partial charge in [-0.25, -0.2) is 0 Å². The molecule has 0 nitrogen and oxygen atoms in total. The molecule has 0 fully saturated rings. The van der Waals surface area contributed by atoms with Gasteiger partial charge in [0.25, 0.3) is 0 Å². The number of hydrogen-bond donors (Lipinski definition) is 0. The normalized spacial score (nSPS) is 0. The predicted molar refractivity (Wildman–Crippen MR) is 5.75 cm³/mol. The Kier molecular flexibility index (Phi) is 135. The van der Waals surface area contributed by atoms with E-state index in [4.69, 9.17) is 0 Å². The van der Waals surface area contributed by atoms with Gasteiger partial charge in [0.15, 0.2) is 0 Å². The first-order chi connectivity index (χ1) is 0. The zero-order chi connectivity index (χ0) is 0. The van der Waals surface area contributed by atoms with Gasteiger partial charge in [0.2, 0.25) is 0 Å². The third kappa shape index (κ3) is 8.82. The van der Waals surface area contributed by atoms with Gasteiger partial charge in [0, 0.05) is 80.7 Å². The second-order valence-corrected chi connectivity index (χ2v) is 0. The molecular weight excluding hydrogens is 342 g/mol. The first-order valence-electron chi connectivity index (χ1n) is 0. The molecule has 0 aromatic carbocycles. The van der Waals surface area contributed by atoms with E-state index in [0.717, 1.165) is 0 Å². The molecule has 0 aliphatic carbocycles. The Morgan fingerprint density at radius 2 is 1.00 bits per heavy atom. The maximum Gasteiger partial charge on any atom is 0 e. The second kappa shape index (κ2) is 17.6. The molecule has 0 aromatic heterocycles.